The van der Waals surface area contributed by atoms with Crippen LogP contribution in [-0.4, -0.2) is 0 Å². The zero-order chi connectivity index (χ0) is 7.14. The highest BCUT2D eigenvalue weighted by molar-refractivity contribution is 5.18. The Labute approximate surface area is 63.3 Å². The molecular formula is C10H16. The standard InChI is InChI=1S/C10H16/c1-3-8-5-9-4-7(2)10(9)6-8/h6-7,9-10H,3-5H2,1-2H3/t7?,9-,10?/m0/s1. The van der Waals surface area contributed by atoms with Crippen LogP contribution in [0.3, 0.4) is 0 Å². The summed E-state index contributed by atoms with van der Waals surface area (Å²) in [5.74, 6) is 3.04. The third-order valence-electron chi connectivity index (χ3n) is 3.28. The number of fused-ring (bicyclic) bond motifs is 1. The quantitative estimate of drug-likeness (QED) is 0.486. The zero-order valence-corrected chi connectivity index (χ0v) is 6.93. The predicted molar refractivity (Wildman–Crippen MR) is 43.8 cm³/mol. The molecule has 2 aliphatic rings. The number of rotatable bonds is 1. The van der Waals surface area contributed by atoms with Gasteiger partial charge in [-0.2, -0.15) is 0 Å². The fourth-order valence-electron chi connectivity index (χ4n) is 2.52. The summed E-state index contributed by atoms with van der Waals surface area (Å²) in [4.78, 5) is 0. The first-order valence-corrected chi connectivity index (χ1v) is 4.50. The van der Waals surface area contributed by atoms with E-state index < -0.39 is 0 Å². The van der Waals surface area contributed by atoms with Crippen LogP contribution in [-0.2, 0) is 0 Å². The first kappa shape index (κ1) is 6.45. The van der Waals surface area contributed by atoms with Crippen LogP contribution in [0.5, 0.6) is 0 Å². The first-order chi connectivity index (χ1) is 4.81. The molecule has 2 rings (SSSR count). The largest absolute Gasteiger partial charge is 0.0817 e. The van der Waals surface area contributed by atoms with Gasteiger partial charge in [0.25, 0.3) is 0 Å². The zero-order valence-electron chi connectivity index (χ0n) is 6.93. The van der Waals surface area contributed by atoms with Crippen molar-refractivity contribution >= 4 is 0 Å². The van der Waals surface area contributed by atoms with E-state index in [1.807, 2.05) is 0 Å². The molecule has 0 aromatic carbocycles. The summed E-state index contributed by atoms with van der Waals surface area (Å²) < 4.78 is 0. The van der Waals surface area contributed by atoms with Crippen molar-refractivity contribution < 1.29 is 0 Å². The SMILES string of the molecule is CCC1=CC2C(C)C[C@H]2C1. The minimum Gasteiger partial charge on any atom is -0.0817 e. The van der Waals surface area contributed by atoms with E-state index in [4.69, 9.17) is 0 Å². The van der Waals surface area contributed by atoms with Gasteiger partial charge in [-0.05, 0) is 37.0 Å². The number of hydrogen-bond donors (Lipinski definition) is 0. The Morgan fingerprint density at radius 3 is 2.90 bits per heavy atom. The molecule has 0 nitrogen and oxygen atoms in total. The monoisotopic (exact) mass is 136 g/mol. The molecule has 2 unspecified atom stereocenters. The average Bonchev–Trinajstić information content (AvgIpc) is 2.26. The second kappa shape index (κ2) is 2.11. The maximum Gasteiger partial charge on any atom is -0.0173 e. The van der Waals surface area contributed by atoms with Gasteiger partial charge in [-0.3, -0.25) is 0 Å². The fourth-order valence-corrected chi connectivity index (χ4v) is 2.52. The highest BCUT2D eigenvalue weighted by atomic mass is 14.4. The molecule has 0 N–H and O–H groups in total. The van der Waals surface area contributed by atoms with Crippen LogP contribution in [0.15, 0.2) is 11.6 Å². The van der Waals surface area contributed by atoms with Crippen molar-refractivity contribution in [2.24, 2.45) is 17.8 Å². The molecule has 3 atom stereocenters. The van der Waals surface area contributed by atoms with E-state index in [0.717, 1.165) is 17.8 Å². The number of hydrogen-bond acceptors (Lipinski definition) is 0. The Morgan fingerprint density at radius 2 is 2.40 bits per heavy atom. The maximum atomic E-state index is 2.54. The minimum absolute atomic E-state index is 0.981. The van der Waals surface area contributed by atoms with Crippen LogP contribution in [0.25, 0.3) is 0 Å². The number of allylic oxidation sites excluding steroid dienone is 2. The van der Waals surface area contributed by atoms with Crippen LogP contribution in [0.1, 0.15) is 33.1 Å². The fraction of sp³-hybridized carbons (Fsp3) is 0.800. The molecule has 56 valence electrons. The van der Waals surface area contributed by atoms with Gasteiger partial charge < -0.3 is 0 Å². The first-order valence-electron chi connectivity index (χ1n) is 4.50. The Morgan fingerprint density at radius 1 is 1.60 bits per heavy atom. The summed E-state index contributed by atoms with van der Waals surface area (Å²) >= 11 is 0. The molecule has 0 heteroatoms. The molecule has 0 aromatic heterocycles. The Bertz CT molecular complexity index is 167. The van der Waals surface area contributed by atoms with Crippen LogP contribution < -0.4 is 0 Å². The van der Waals surface area contributed by atoms with E-state index in [9.17, 15) is 0 Å². The topological polar surface area (TPSA) is 0 Å². The molecule has 2 aliphatic carbocycles. The van der Waals surface area contributed by atoms with Crippen LogP contribution in [0.4, 0.5) is 0 Å². The van der Waals surface area contributed by atoms with E-state index in [1.165, 1.54) is 19.3 Å². The van der Waals surface area contributed by atoms with Gasteiger partial charge in [0, 0.05) is 0 Å². The lowest BCUT2D eigenvalue weighted by molar-refractivity contribution is 0.147. The maximum absolute atomic E-state index is 2.54. The molecule has 0 aliphatic heterocycles. The molecule has 0 saturated heterocycles. The molecule has 1 fully saturated rings. The van der Waals surface area contributed by atoms with Crippen molar-refractivity contribution in [2.75, 3.05) is 0 Å². The van der Waals surface area contributed by atoms with Gasteiger partial charge in [-0.1, -0.05) is 25.5 Å². The van der Waals surface area contributed by atoms with Gasteiger partial charge in [0.15, 0.2) is 0 Å². The lowest BCUT2D eigenvalue weighted by Crippen LogP contribution is -2.29. The Balaban J connectivity index is 2.05. The molecule has 0 amide bonds. The van der Waals surface area contributed by atoms with Crippen LogP contribution in [0, 0.1) is 17.8 Å². The van der Waals surface area contributed by atoms with Crippen molar-refractivity contribution in [3.8, 4) is 0 Å². The molecule has 0 bridgehead atoms. The summed E-state index contributed by atoms with van der Waals surface area (Å²) in [5.41, 5.74) is 1.72. The van der Waals surface area contributed by atoms with Gasteiger partial charge in [-0.25, -0.2) is 0 Å². The van der Waals surface area contributed by atoms with Gasteiger partial charge >= 0.3 is 0 Å². The van der Waals surface area contributed by atoms with Gasteiger partial charge in [-0.15, -0.1) is 0 Å². The van der Waals surface area contributed by atoms with Crippen molar-refractivity contribution in [1.82, 2.24) is 0 Å². The van der Waals surface area contributed by atoms with Crippen LogP contribution in [0.2, 0.25) is 0 Å². The third kappa shape index (κ3) is 0.744. The second-order valence-corrected chi connectivity index (χ2v) is 3.93. The van der Waals surface area contributed by atoms with Crippen molar-refractivity contribution in [1.29, 1.82) is 0 Å². The third-order valence-corrected chi connectivity index (χ3v) is 3.28. The lowest BCUT2D eigenvalue weighted by atomic mass is 9.68. The van der Waals surface area contributed by atoms with Crippen molar-refractivity contribution in [3.63, 3.8) is 0 Å². The van der Waals surface area contributed by atoms with Crippen LogP contribution >= 0.6 is 0 Å². The molecule has 1 saturated carbocycles. The second-order valence-electron chi connectivity index (χ2n) is 3.93. The van der Waals surface area contributed by atoms with Crippen molar-refractivity contribution in [2.45, 2.75) is 33.1 Å². The summed E-state index contributed by atoms with van der Waals surface area (Å²) in [6, 6.07) is 0. The summed E-state index contributed by atoms with van der Waals surface area (Å²) in [5, 5.41) is 0. The normalized spacial score (nSPS) is 44.2. The smallest absolute Gasteiger partial charge is 0.0173 e. The molecule has 0 heterocycles. The summed E-state index contributed by atoms with van der Waals surface area (Å²) in [7, 11) is 0. The van der Waals surface area contributed by atoms with Gasteiger partial charge in [0.2, 0.25) is 0 Å². The highest BCUT2D eigenvalue weighted by Crippen LogP contribution is 2.49. The Hall–Kier alpha value is -0.260. The van der Waals surface area contributed by atoms with E-state index >= 15 is 0 Å². The molecular weight excluding hydrogens is 120 g/mol. The van der Waals surface area contributed by atoms with Gasteiger partial charge in [0.1, 0.15) is 0 Å². The molecule has 0 spiro atoms. The van der Waals surface area contributed by atoms with E-state index in [2.05, 4.69) is 19.9 Å². The van der Waals surface area contributed by atoms with E-state index in [1.54, 1.807) is 5.57 Å². The minimum atomic E-state index is 0.981. The van der Waals surface area contributed by atoms with E-state index in [-0.39, 0.29) is 0 Å². The van der Waals surface area contributed by atoms with E-state index in [0.29, 0.717) is 0 Å². The summed E-state index contributed by atoms with van der Waals surface area (Å²) in [6.07, 6.45) is 6.74. The van der Waals surface area contributed by atoms with Crippen molar-refractivity contribution in [3.05, 3.63) is 11.6 Å². The lowest BCUT2D eigenvalue weighted by Gasteiger charge is -2.37. The summed E-state index contributed by atoms with van der Waals surface area (Å²) in [6.45, 7) is 4.66. The highest BCUT2D eigenvalue weighted by Gasteiger charge is 2.39. The molecule has 0 radical (unpaired) electrons. The average molecular weight is 136 g/mol. The molecule has 0 aromatic rings. The Kier molecular flexibility index (Phi) is 1.36. The molecule has 10 heavy (non-hydrogen) atoms. The predicted octanol–water partition coefficient (Wildman–Crippen LogP) is 3.00. The van der Waals surface area contributed by atoms with Gasteiger partial charge in [0.05, 0.1) is 0 Å².